The van der Waals surface area contributed by atoms with Crippen LogP contribution in [0.5, 0.6) is 5.75 Å². The van der Waals surface area contributed by atoms with E-state index in [9.17, 15) is 4.79 Å². The molecule has 4 nitrogen and oxygen atoms in total. The van der Waals surface area contributed by atoms with E-state index < -0.39 is 0 Å². The summed E-state index contributed by atoms with van der Waals surface area (Å²) in [4.78, 5) is 11.9. The maximum atomic E-state index is 11.9. The number of hydrogen-bond donors (Lipinski definition) is 0. The summed E-state index contributed by atoms with van der Waals surface area (Å²) < 4.78 is 16.5. The van der Waals surface area contributed by atoms with Crippen molar-refractivity contribution in [2.75, 3.05) is 26.9 Å². The van der Waals surface area contributed by atoms with Crippen LogP contribution < -0.4 is 4.74 Å². The summed E-state index contributed by atoms with van der Waals surface area (Å²) in [5, 5.41) is 0. The summed E-state index contributed by atoms with van der Waals surface area (Å²) in [6.45, 7) is 5.00. The molecule has 1 rings (SSSR count). The molecule has 0 saturated carbocycles. The Morgan fingerprint density at radius 2 is 2.16 bits per heavy atom. The van der Waals surface area contributed by atoms with Crippen molar-refractivity contribution in [3.05, 3.63) is 28.2 Å². The maximum Gasteiger partial charge on any atom is 0.188 e. The number of halogens is 1. The second kappa shape index (κ2) is 8.30. The van der Waals surface area contributed by atoms with Crippen molar-refractivity contribution in [2.45, 2.75) is 20.0 Å². The molecule has 1 aromatic carbocycles. The van der Waals surface area contributed by atoms with Crippen LogP contribution in [0.3, 0.4) is 0 Å². The van der Waals surface area contributed by atoms with Gasteiger partial charge in [-0.25, -0.2) is 0 Å². The minimum Gasteiger partial charge on any atom is -0.496 e. The molecular weight excluding hydrogens is 312 g/mol. The van der Waals surface area contributed by atoms with Crippen LogP contribution in [0.2, 0.25) is 0 Å². The zero-order valence-corrected chi connectivity index (χ0v) is 13.0. The normalized spacial score (nSPS) is 12.2. The largest absolute Gasteiger partial charge is 0.496 e. The van der Waals surface area contributed by atoms with Gasteiger partial charge in [0.2, 0.25) is 0 Å². The molecule has 0 fully saturated rings. The molecule has 0 amide bonds. The van der Waals surface area contributed by atoms with Gasteiger partial charge in [-0.2, -0.15) is 0 Å². The van der Waals surface area contributed by atoms with Gasteiger partial charge in [0.15, 0.2) is 5.78 Å². The van der Waals surface area contributed by atoms with Gasteiger partial charge in [-0.3, -0.25) is 4.79 Å². The van der Waals surface area contributed by atoms with Gasteiger partial charge in [-0.1, -0.05) is 0 Å². The summed E-state index contributed by atoms with van der Waals surface area (Å²) in [6, 6.07) is 5.21. The fourth-order valence-electron chi connectivity index (χ4n) is 1.47. The van der Waals surface area contributed by atoms with Crippen LogP contribution in [0, 0.1) is 0 Å². The average Bonchev–Trinajstić information content (AvgIpc) is 2.42. The summed E-state index contributed by atoms with van der Waals surface area (Å²) >= 11 is 3.35. The Bertz CT molecular complexity index is 420. The maximum absolute atomic E-state index is 11.9. The minimum atomic E-state index is -0.0920. The average molecular weight is 331 g/mol. The Kier molecular flexibility index (Phi) is 7.05. The second-order valence-corrected chi connectivity index (χ2v) is 4.91. The summed E-state index contributed by atoms with van der Waals surface area (Å²) in [6.07, 6.45) is -0.0920. The Morgan fingerprint density at radius 1 is 1.42 bits per heavy atom. The quantitative estimate of drug-likeness (QED) is 0.687. The summed E-state index contributed by atoms with van der Waals surface area (Å²) in [7, 11) is 1.58. The van der Waals surface area contributed by atoms with Crippen molar-refractivity contribution >= 4 is 21.7 Å². The molecule has 1 atom stereocenters. The van der Waals surface area contributed by atoms with Crippen molar-refractivity contribution in [1.29, 1.82) is 0 Å². The van der Waals surface area contributed by atoms with Gasteiger partial charge >= 0.3 is 0 Å². The molecule has 19 heavy (non-hydrogen) atoms. The number of hydrogen-bond acceptors (Lipinski definition) is 4. The van der Waals surface area contributed by atoms with Crippen LogP contribution in [0.4, 0.5) is 0 Å². The lowest BCUT2D eigenvalue weighted by Gasteiger charge is -2.12. The third kappa shape index (κ3) is 5.30. The van der Waals surface area contributed by atoms with E-state index in [1.807, 2.05) is 13.8 Å². The highest BCUT2D eigenvalue weighted by atomic mass is 79.9. The molecule has 0 aliphatic rings. The Morgan fingerprint density at radius 3 is 2.74 bits per heavy atom. The Labute approximate surface area is 122 Å². The molecule has 0 aliphatic carbocycles. The number of benzene rings is 1. The van der Waals surface area contributed by atoms with Crippen LogP contribution in [-0.2, 0) is 9.47 Å². The van der Waals surface area contributed by atoms with E-state index in [-0.39, 0.29) is 18.5 Å². The van der Waals surface area contributed by atoms with E-state index in [1.54, 1.807) is 25.3 Å². The van der Waals surface area contributed by atoms with Crippen LogP contribution in [0.25, 0.3) is 0 Å². The van der Waals surface area contributed by atoms with Crippen molar-refractivity contribution in [3.8, 4) is 5.75 Å². The fraction of sp³-hybridized carbons (Fsp3) is 0.500. The lowest BCUT2D eigenvalue weighted by atomic mass is 10.1. The zero-order valence-electron chi connectivity index (χ0n) is 11.4. The van der Waals surface area contributed by atoms with Crippen LogP contribution in [-0.4, -0.2) is 38.8 Å². The smallest absolute Gasteiger partial charge is 0.188 e. The second-order valence-electron chi connectivity index (χ2n) is 4.05. The van der Waals surface area contributed by atoms with Gasteiger partial charge in [-0.15, -0.1) is 0 Å². The first-order chi connectivity index (χ1) is 9.08. The Balaban J connectivity index is 2.51. The van der Waals surface area contributed by atoms with Gasteiger partial charge in [-0.05, 0) is 48.0 Å². The van der Waals surface area contributed by atoms with E-state index in [0.717, 1.165) is 4.47 Å². The van der Waals surface area contributed by atoms with E-state index in [4.69, 9.17) is 14.2 Å². The Hall–Kier alpha value is -0.910. The number of methoxy groups -OCH3 is 1. The molecule has 0 aliphatic heterocycles. The van der Waals surface area contributed by atoms with Gasteiger partial charge < -0.3 is 14.2 Å². The molecule has 0 N–H and O–H groups in total. The van der Waals surface area contributed by atoms with Gasteiger partial charge in [0.25, 0.3) is 0 Å². The lowest BCUT2D eigenvalue weighted by molar-refractivity contribution is 0.00115. The SMILES string of the molecule is CCOCC(C)OCC(=O)c1ccc(OC)c(Br)c1. The first-order valence-corrected chi connectivity index (χ1v) is 6.93. The monoisotopic (exact) mass is 330 g/mol. The third-order valence-electron chi connectivity index (χ3n) is 2.53. The third-order valence-corrected chi connectivity index (χ3v) is 3.15. The molecule has 0 bridgehead atoms. The molecule has 106 valence electrons. The summed E-state index contributed by atoms with van der Waals surface area (Å²) in [5.74, 6) is 0.633. The molecule has 0 saturated heterocycles. The number of Topliss-reactive ketones (excluding diaryl/α,β-unsaturated/α-hetero) is 1. The highest BCUT2D eigenvalue weighted by molar-refractivity contribution is 9.10. The van der Waals surface area contributed by atoms with Crippen LogP contribution >= 0.6 is 15.9 Å². The van der Waals surface area contributed by atoms with Gasteiger partial charge in [0.05, 0.1) is 24.3 Å². The van der Waals surface area contributed by atoms with E-state index >= 15 is 0 Å². The number of ether oxygens (including phenoxy) is 3. The molecule has 1 aromatic rings. The molecular formula is C14H19BrO4. The highest BCUT2D eigenvalue weighted by Crippen LogP contribution is 2.25. The van der Waals surface area contributed by atoms with Crippen LogP contribution in [0.1, 0.15) is 24.2 Å². The van der Waals surface area contributed by atoms with E-state index in [1.165, 1.54) is 0 Å². The number of ketones is 1. The first-order valence-electron chi connectivity index (χ1n) is 6.14. The van der Waals surface area contributed by atoms with Crippen molar-refractivity contribution in [2.24, 2.45) is 0 Å². The number of carbonyl (C=O) groups excluding carboxylic acids is 1. The molecule has 0 spiro atoms. The minimum absolute atomic E-state index is 0.0486. The van der Waals surface area contributed by atoms with Crippen molar-refractivity contribution < 1.29 is 19.0 Å². The fourth-order valence-corrected chi connectivity index (χ4v) is 2.01. The standard InChI is InChI=1S/C14H19BrO4/c1-4-18-8-10(2)19-9-13(16)11-5-6-14(17-3)12(15)7-11/h5-7,10H,4,8-9H2,1-3H3. The predicted molar refractivity (Wildman–Crippen MR) is 76.9 cm³/mol. The predicted octanol–water partition coefficient (Wildman–Crippen LogP) is 3.08. The van der Waals surface area contributed by atoms with Gasteiger partial charge in [0, 0.05) is 12.2 Å². The first kappa shape index (κ1) is 16.1. The molecule has 0 aromatic heterocycles. The highest BCUT2D eigenvalue weighted by Gasteiger charge is 2.11. The number of carbonyl (C=O) groups is 1. The van der Waals surface area contributed by atoms with E-state index in [0.29, 0.717) is 24.5 Å². The topological polar surface area (TPSA) is 44.8 Å². The zero-order chi connectivity index (χ0) is 14.3. The molecule has 1 unspecified atom stereocenters. The summed E-state index contributed by atoms with van der Waals surface area (Å²) in [5.41, 5.74) is 0.594. The molecule has 5 heteroatoms. The molecule has 0 radical (unpaired) electrons. The van der Waals surface area contributed by atoms with Crippen molar-refractivity contribution in [1.82, 2.24) is 0 Å². The lowest BCUT2D eigenvalue weighted by Crippen LogP contribution is -2.20. The number of rotatable bonds is 8. The van der Waals surface area contributed by atoms with Gasteiger partial charge in [0.1, 0.15) is 12.4 Å². The van der Waals surface area contributed by atoms with Crippen LogP contribution in [0.15, 0.2) is 22.7 Å². The van der Waals surface area contributed by atoms with E-state index in [2.05, 4.69) is 15.9 Å². The molecule has 0 heterocycles. The van der Waals surface area contributed by atoms with Crippen molar-refractivity contribution in [3.63, 3.8) is 0 Å².